The number of nitro benzene ring substituents is 1. The standard InChI is InChI=1S/C15H18N2O8/c1-15(2,3)25-14(20)16-9(13(18)19)4-8-5-11-12(24-7-23-11)6-10(8)17(21)22/h5-6,9H,4,7H2,1-3H3,(H,16,20)(H,18,19). The molecule has 1 aliphatic heterocycles. The van der Waals surface area contributed by atoms with Gasteiger partial charge < -0.3 is 24.6 Å². The maximum absolute atomic E-state index is 11.8. The molecular weight excluding hydrogens is 336 g/mol. The first kappa shape index (κ1) is 18.3. The van der Waals surface area contributed by atoms with Crippen LogP contribution in [0.3, 0.4) is 0 Å². The lowest BCUT2D eigenvalue weighted by Gasteiger charge is -2.22. The smallest absolute Gasteiger partial charge is 0.408 e. The van der Waals surface area contributed by atoms with Crippen LogP contribution in [-0.2, 0) is 16.0 Å². The summed E-state index contributed by atoms with van der Waals surface area (Å²) in [5.74, 6) is -0.859. The molecule has 1 amide bonds. The number of amides is 1. The van der Waals surface area contributed by atoms with Gasteiger partial charge in [-0.2, -0.15) is 0 Å². The third-order valence-electron chi connectivity index (χ3n) is 3.18. The largest absolute Gasteiger partial charge is 0.480 e. The van der Waals surface area contributed by atoms with Crippen LogP contribution in [0.4, 0.5) is 10.5 Å². The average Bonchev–Trinajstić information content (AvgIpc) is 2.90. The molecule has 0 spiro atoms. The Hall–Kier alpha value is -3.04. The normalized spacial score (nSPS) is 13.9. The Kier molecular flexibility index (Phi) is 5.00. The fraction of sp³-hybridized carbons (Fsp3) is 0.467. The first-order valence-electron chi connectivity index (χ1n) is 7.36. The number of aliphatic carboxylic acids is 1. The van der Waals surface area contributed by atoms with E-state index in [1.807, 2.05) is 0 Å². The highest BCUT2D eigenvalue weighted by atomic mass is 16.7. The molecule has 0 bridgehead atoms. The van der Waals surface area contributed by atoms with Crippen LogP contribution in [0, 0.1) is 10.1 Å². The fourth-order valence-electron chi connectivity index (χ4n) is 2.18. The van der Waals surface area contributed by atoms with Crippen molar-refractivity contribution in [2.45, 2.75) is 38.8 Å². The van der Waals surface area contributed by atoms with Crippen molar-refractivity contribution in [3.63, 3.8) is 0 Å². The number of carboxylic acids is 1. The molecule has 1 atom stereocenters. The van der Waals surface area contributed by atoms with Gasteiger partial charge in [0.15, 0.2) is 11.5 Å². The van der Waals surface area contributed by atoms with Gasteiger partial charge in [-0.25, -0.2) is 9.59 Å². The zero-order valence-electron chi connectivity index (χ0n) is 13.9. The number of fused-ring (bicyclic) bond motifs is 1. The van der Waals surface area contributed by atoms with E-state index < -0.39 is 28.6 Å². The molecule has 1 aromatic rings. The van der Waals surface area contributed by atoms with Crippen molar-refractivity contribution >= 4 is 17.7 Å². The molecule has 0 aliphatic carbocycles. The van der Waals surface area contributed by atoms with Crippen molar-refractivity contribution < 1.29 is 33.8 Å². The van der Waals surface area contributed by atoms with E-state index in [1.165, 1.54) is 12.1 Å². The first-order valence-corrected chi connectivity index (χ1v) is 7.36. The lowest BCUT2D eigenvalue weighted by atomic mass is 10.0. The molecule has 0 radical (unpaired) electrons. The van der Waals surface area contributed by atoms with Crippen LogP contribution >= 0.6 is 0 Å². The van der Waals surface area contributed by atoms with Crippen LogP contribution in [0.25, 0.3) is 0 Å². The van der Waals surface area contributed by atoms with E-state index in [1.54, 1.807) is 20.8 Å². The zero-order valence-corrected chi connectivity index (χ0v) is 13.9. The van der Waals surface area contributed by atoms with Crippen molar-refractivity contribution in [2.75, 3.05) is 6.79 Å². The Balaban J connectivity index is 2.23. The Labute approximate surface area is 142 Å². The molecule has 1 unspecified atom stereocenters. The van der Waals surface area contributed by atoms with Gasteiger partial charge in [0.2, 0.25) is 6.79 Å². The van der Waals surface area contributed by atoms with Crippen molar-refractivity contribution in [1.82, 2.24) is 5.32 Å². The van der Waals surface area contributed by atoms with Gasteiger partial charge in [-0.1, -0.05) is 0 Å². The van der Waals surface area contributed by atoms with Crippen molar-refractivity contribution in [3.8, 4) is 11.5 Å². The molecule has 0 saturated carbocycles. The third-order valence-corrected chi connectivity index (χ3v) is 3.18. The molecule has 25 heavy (non-hydrogen) atoms. The molecule has 0 fully saturated rings. The van der Waals surface area contributed by atoms with Crippen LogP contribution in [0.15, 0.2) is 12.1 Å². The number of benzene rings is 1. The predicted octanol–water partition coefficient (Wildman–Crippen LogP) is 1.84. The fourth-order valence-corrected chi connectivity index (χ4v) is 2.18. The minimum absolute atomic E-state index is 0.0749. The van der Waals surface area contributed by atoms with Crippen LogP contribution < -0.4 is 14.8 Å². The van der Waals surface area contributed by atoms with E-state index in [9.17, 15) is 24.8 Å². The van der Waals surface area contributed by atoms with Crippen LogP contribution in [0.5, 0.6) is 11.5 Å². The third kappa shape index (κ3) is 4.72. The highest BCUT2D eigenvalue weighted by Gasteiger charge is 2.29. The zero-order chi connectivity index (χ0) is 18.8. The van der Waals surface area contributed by atoms with Gasteiger partial charge in [0.05, 0.1) is 11.0 Å². The summed E-state index contributed by atoms with van der Waals surface area (Å²) >= 11 is 0. The maximum atomic E-state index is 11.8. The molecule has 1 heterocycles. The average molecular weight is 354 g/mol. The number of carbonyl (C=O) groups is 2. The summed E-state index contributed by atoms with van der Waals surface area (Å²) in [4.78, 5) is 33.8. The second kappa shape index (κ2) is 6.83. The minimum Gasteiger partial charge on any atom is -0.480 e. The van der Waals surface area contributed by atoms with Gasteiger partial charge in [-0.3, -0.25) is 10.1 Å². The highest BCUT2D eigenvalue weighted by molar-refractivity contribution is 5.80. The molecule has 1 aliphatic rings. The summed E-state index contributed by atoms with van der Waals surface area (Å²) in [5.41, 5.74) is -1.03. The number of carbonyl (C=O) groups excluding carboxylic acids is 1. The van der Waals surface area contributed by atoms with E-state index in [-0.39, 0.29) is 36.0 Å². The van der Waals surface area contributed by atoms with E-state index >= 15 is 0 Å². The SMILES string of the molecule is CC(C)(C)OC(=O)NC(Cc1cc2c(cc1[N+](=O)[O-])OCO2)C(=O)O. The molecule has 2 N–H and O–H groups in total. The summed E-state index contributed by atoms with van der Waals surface area (Å²) in [6.45, 7) is 4.82. The lowest BCUT2D eigenvalue weighted by Crippen LogP contribution is -2.44. The highest BCUT2D eigenvalue weighted by Crippen LogP contribution is 2.38. The predicted molar refractivity (Wildman–Crippen MR) is 83.7 cm³/mol. The minimum atomic E-state index is -1.41. The van der Waals surface area contributed by atoms with Gasteiger partial charge in [0.25, 0.3) is 5.69 Å². The number of alkyl carbamates (subject to hydrolysis) is 1. The number of rotatable bonds is 5. The van der Waals surface area contributed by atoms with Gasteiger partial charge in [0, 0.05) is 12.0 Å². The molecule has 0 saturated heterocycles. The number of nitrogens with one attached hydrogen (secondary N) is 1. The van der Waals surface area contributed by atoms with Gasteiger partial charge >= 0.3 is 12.1 Å². The summed E-state index contributed by atoms with van der Waals surface area (Å²) < 4.78 is 15.3. The Morgan fingerprint density at radius 1 is 1.36 bits per heavy atom. The Morgan fingerprint density at radius 3 is 2.48 bits per heavy atom. The second-order valence-electron chi connectivity index (χ2n) is 6.33. The number of nitrogens with zero attached hydrogens (tertiary/aromatic N) is 1. The molecule has 2 rings (SSSR count). The molecule has 0 aromatic heterocycles. The van der Waals surface area contributed by atoms with E-state index in [4.69, 9.17) is 14.2 Å². The van der Waals surface area contributed by atoms with Crippen LogP contribution in [0.1, 0.15) is 26.3 Å². The summed E-state index contributed by atoms with van der Waals surface area (Å²) in [6.07, 6.45) is -1.25. The molecule has 1 aromatic carbocycles. The molecule has 10 heteroatoms. The van der Waals surface area contributed by atoms with Crippen molar-refractivity contribution in [3.05, 3.63) is 27.8 Å². The first-order chi connectivity index (χ1) is 11.6. The summed E-state index contributed by atoms with van der Waals surface area (Å²) in [7, 11) is 0. The number of ether oxygens (including phenoxy) is 3. The number of nitro groups is 1. The van der Waals surface area contributed by atoms with Gasteiger partial charge in [-0.05, 0) is 26.8 Å². The number of hydrogen-bond donors (Lipinski definition) is 2. The van der Waals surface area contributed by atoms with Crippen molar-refractivity contribution in [2.24, 2.45) is 0 Å². The topological polar surface area (TPSA) is 137 Å². The molecule has 136 valence electrons. The summed E-state index contributed by atoms with van der Waals surface area (Å²) in [5, 5.41) is 22.7. The number of carboxylic acid groups (broad SMARTS) is 1. The van der Waals surface area contributed by atoms with Crippen molar-refractivity contribution in [1.29, 1.82) is 0 Å². The van der Waals surface area contributed by atoms with Crippen LogP contribution in [0.2, 0.25) is 0 Å². The lowest BCUT2D eigenvalue weighted by molar-refractivity contribution is -0.385. The molecule has 10 nitrogen and oxygen atoms in total. The van der Waals surface area contributed by atoms with E-state index in [0.29, 0.717) is 0 Å². The van der Waals surface area contributed by atoms with Gasteiger partial charge in [-0.15, -0.1) is 0 Å². The Morgan fingerprint density at radius 2 is 1.96 bits per heavy atom. The Bertz CT molecular complexity index is 710. The van der Waals surface area contributed by atoms with Gasteiger partial charge in [0.1, 0.15) is 11.6 Å². The van der Waals surface area contributed by atoms with E-state index in [0.717, 1.165) is 0 Å². The summed E-state index contributed by atoms with van der Waals surface area (Å²) in [6, 6.07) is 1.10. The molecular formula is C15H18N2O8. The maximum Gasteiger partial charge on any atom is 0.408 e. The van der Waals surface area contributed by atoms with E-state index in [2.05, 4.69) is 5.32 Å². The second-order valence-corrected chi connectivity index (χ2v) is 6.33. The quantitative estimate of drug-likeness (QED) is 0.603. The monoisotopic (exact) mass is 354 g/mol. The van der Waals surface area contributed by atoms with Crippen LogP contribution in [-0.4, -0.2) is 40.5 Å². The number of hydrogen-bond acceptors (Lipinski definition) is 7.